The van der Waals surface area contributed by atoms with Gasteiger partial charge in [-0.3, -0.25) is 14.4 Å². The second-order valence-corrected chi connectivity index (χ2v) is 22.3. The SMILES string of the molecule is CC/C=C\C/C=C\C/C=C\C/C=C\C/C=C\CCCCCCCCCCCCCCCCCC(=O)OCC(COC(=O)CCCCCCC/C=C\CCCCCCCC)OC(=O)CCCCCCC/C=C\C/C=C\CCCCC. The van der Waals surface area contributed by atoms with Crippen LogP contribution in [0.5, 0.6) is 0 Å². The van der Waals surface area contributed by atoms with Crippen molar-refractivity contribution in [3.05, 3.63) is 97.2 Å². The van der Waals surface area contributed by atoms with Gasteiger partial charge < -0.3 is 14.2 Å². The lowest BCUT2D eigenvalue weighted by Crippen LogP contribution is -2.30. The molecule has 0 spiro atoms. The summed E-state index contributed by atoms with van der Waals surface area (Å²) in [5.41, 5.74) is 0. The fourth-order valence-electron chi connectivity index (χ4n) is 9.50. The van der Waals surface area contributed by atoms with Gasteiger partial charge in [0.1, 0.15) is 13.2 Å². The molecule has 0 N–H and O–H groups in total. The maximum Gasteiger partial charge on any atom is 0.306 e. The molecule has 0 aliphatic rings. The Kier molecular flexibility index (Phi) is 63.7. The smallest absolute Gasteiger partial charge is 0.306 e. The van der Waals surface area contributed by atoms with E-state index in [4.69, 9.17) is 14.2 Å². The summed E-state index contributed by atoms with van der Waals surface area (Å²) in [7, 11) is 0. The molecule has 6 heteroatoms. The number of unbranched alkanes of at least 4 members (excludes halogenated alkanes) is 34. The van der Waals surface area contributed by atoms with E-state index in [1.807, 2.05) is 0 Å². The van der Waals surface area contributed by atoms with Gasteiger partial charge in [0.05, 0.1) is 0 Å². The van der Waals surface area contributed by atoms with Crippen LogP contribution in [0.25, 0.3) is 0 Å². The lowest BCUT2D eigenvalue weighted by atomic mass is 10.0. The zero-order valence-electron chi connectivity index (χ0n) is 52.1. The van der Waals surface area contributed by atoms with E-state index < -0.39 is 6.10 Å². The second-order valence-electron chi connectivity index (χ2n) is 22.3. The summed E-state index contributed by atoms with van der Waals surface area (Å²) in [5, 5.41) is 0. The van der Waals surface area contributed by atoms with E-state index in [-0.39, 0.29) is 31.1 Å². The summed E-state index contributed by atoms with van der Waals surface area (Å²) in [6.07, 6.45) is 90.0. The first-order chi connectivity index (χ1) is 39.0. The van der Waals surface area contributed by atoms with E-state index >= 15 is 0 Å². The fourth-order valence-corrected chi connectivity index (χ4v) is 9.50. The Morgan fingerprint density at radius 1 is 0.266 bits per heavy atom. The highest BCUT2D eigenvalue weighted by atomic mass is 16.6. The third-order valence-corrected chi connectivity index (χ3v) is 14.5. The van der Waals surface area contributed by atoms with E-state index in [0.29, 0.717) is 19.3 Å². The van der Waals surface area contributed by atoms with Crippen LogP contribution in [-0.2, 0) is 28.6 Å². The van der Waals surface area contributed by atoms with Gasteiger partial charge in [-0.25, -0.2) is 0 Å². The molecule has 0 bridgehead atoms. The van der Waals surface area contributed by atoms with Gasteiger partial charge in [-0.2, -0.15) is 0 Å². The van der Waals surface area contributed by atoms with Gasteiger partial charge in [-0.05, 0) is 122 Å². The Morgan fingerprint density at radius 2 is 0.494 bits per heavy atom. The molecule has 79 heavy (non-hydrogen) atoms. The molecule has 0 amide bonds. The number of carbonyl (C=O) groups excluding carboxylic acids is 3. The minimum absolute atomic E-state index is 0.0835. The number of ether oxygens (including phenoxy) is 3. The highest BCUT2D eigenvalue weighted by Crippen LogP contribution is 2.17. The average Bonchev–Trinajstić information content (AvgIpc) is 3.45. The monoisotopic (exact) mass is 1100 g/mol. The number of rotatable bonds is 61. The van der Waals surface area contributed by atoms with Crippen LogP contribution < -0.4 is 0 Å². The molecule has 0 rings (SSSR count). The van der Waals surface area contributed by atoms with Gasteiger partial charge in [0.15, 0.2) is 6.10 Å². The summed E-state index contributed by atoms with van der Waals surface area (Å²) in [6.45, 7) is 6.51. The van der Waals surface area contributed by atoms with Crippen LogP contribution in [0.15, 0.2) is 97.2 Å². The van der Waals surface area contributed by atoms with Crippen molar-refractivity contribution in [2.45, 2.75) is 335 Å². The third-order valence-electron chi connectivity index (χ3n) is 14.5. The van der Waals surface area contributed by atoms with Gasteiger partial charge in [0.2, 0.25) is 0 Å². The third kappa shape index (κ3) is 65.0. The maximum atomic E-state index is 12.9. The van der Waals surface area contributed by atoms with Crippen LogP contribution in [0.2, 0.25) is 0 Å². The Hall–Kier alpha value is -3.67. The number of carbonyl (C=O) groups is 3. The van der Waals surface area contributed by atoms with E-state index in [0.717, 1.165) is 122 Å². The summed E-state index contributed by atoms with van der Waals surface area (Å²) >= 11 is 0. The zero-order valence-corrected chi connectivity index (χ0v) is 52.1. The van der Waals surface area contributed by atoms with Crippen LogP contribution in [-0.4, -0.2) is 37.2 Å². The highest BCUT2D eigenvalue weighted by Gasteiger charge is 2.19. The quantitative estimate of drug-likeness (QED) is 0.0261. The summed E-state index contributed by atoms with van der Waals surface area (Å²) < 4.78 is 16.9. The molecule has 0 aromatic rings. The topological polar surface area (TPSA) is 78.9 Å². The van der Waals surface area contributed by atoms with E-state index in [2.05, 4.69) is 118 Å². The number of hydrogen-bond donors (Lipinski definition) is 0. The van der Waals surface area contributed by atoms with Crippen molar-refractivity contribution in [3.63, 3.8) is 0 Å². The summed E-state index contributed by atoms with van der Waals surface area (Å²) in [4.78, 5) is 38.3. The lowest BCUT2D eigenvalue weighted by molar-refractivity contribution is -0.167. The molecule has 0 heterocycles. The van der Waals surface area contributed by atoms with Crippen LogP contribution in [0.3, 0.4) is 0 Å². The maximum absolute atomic E-state index is 12.9. The molecule has 0 aliphatic heterocycles. The van der Waals surface area contributed by atoms with Crippen molar-refractivity contribution >= 4 is 17.9 Å². The van der Waals surface area contributed by atoms with Crippen molar-refractivity contribution in [1.82, 2.24) is 0 Å². The predicted molar refractivity (Wildman–Crippen MR) is 344 cm³/mol. The molecule has 454 valence electrons. The minimum atomic E-state index is -0.788. The predicted octanol–water partition coefficient (Wildman–Crippen LogP) is 23.2. The molecule has 0 fully saturated rings. The lowest BCUT2D eigenvalue weighted by Gasteiger charge is -2.18. The van der Waals surface area contributed by atoms with Crippen molar-refractivity contribution in [2.75, 3.05) is 13.2 Å². The molecule has 0 radical (unpaired) electrons. The van der Waals surface area contributed by atoms with E-state index in [1.165, 1.54) is 167 Å². The normalized spacial score (nSPS) is 12.7. The van der Waals surface area contributed by atoms with Gasteiger partial charge in [0.25, 0.3) is 0 Å². The molecule has 0 aromatic carbocycles. The van der Waals surface area contributed by atoms with Gasteiger partial charge in [-0.1, -0.05) is 285 Å². The standard InChI is InChI=1S/C73H126O6/c1-4-7-10-13-16-19-22-25-28-29-30-31-32-33-34-35-36-37-38-39-40-41-42-43-46-48-51-54-57-60-63-66-72(75)78-69-70(79-73(76)67-64-61-58-55-52-49-45-27-24-21-18-15-12-9-6-3)68-77-71(74)65-62-59-56-53-50-47-44-26-23-20-17-14-11-8-5-2/h7,10,16,18-19,21,25-28,30-31,33-34,44-45,70H,4-6,8-9,11-15,17,20,22-24,29,32,35-43,46-69H2,1-3H3/b10-7-,19-16-,21-18-,28-25-,31-30-,34-33-,44-26-,45-27-. The molecular formula is C73H126O6. The van der Waals surface area contributed by atoms with Crippen molar-refractivity contribution in [3.8, 4) is 0 Å². The first-order valence-electron chi connectivity index (χ1n) is 33.7. The van der Waals surface area contributed by atoms with Crippen LogP contribution >= 0.6 is 0 Å². The second kappa shape index (κ2) is 66.8. The van der Waals surface area contributed by atoms with Crippen LogP contribution in [0.1, 0.15) is 329 Å². The first-order valence-corrected chi connectivity index (χ1v) is 33.7. The average molecular weight is 1100 g/mol. The molecule has 6 nitrogen and oxygen atoms in total. The van der Waals surface area contributed by atoms with Crippen LogP contribution in [0, 0.1) is 0 Å². The van der Waals surface area contributed by atoms with Gasteiger partial charge in [0, 0.05) is 19.3 Å². The van der Waals surface area contributed by atoms with E-state index in [9.17, 15) is 14.4 Å². The van der Waals surface area contributed by atoms with Crippen molar-refractivity contribution < 1.29 is 28.6 Å². The van der Waals surface area contributed by atoms with Gasteiger partial charge >= 0.3 is 17.9 Å². The van der Waals surface area contributed by atoms with Gasteiger partial charge in [-0.15, -0.1) is 0 Å². The number of hydrogen-bond acceptors (Lipinski definition) is 6. The van der Waals surface area contributed by atoms with E-state index in [1.54, 1.807) is 0 Å². The fraction of sp³-hybridized carbons (Fsp3) is 0.740. The molecule has 0 saturated heterocycles. The minimum Gasteiger partial charge on any atom is -0.462 e. The Balaban J connectivity index is 4.23. The molecule has 1 atom stereocenters. The molecule has 0 aromatic heterocycles. The van der Waals surface area contributed by atoms with Crippen molar-refractivity contribution in [1.29, 1.82) is 0 Å². The Labute approximate surface area is 489 Å². The van der Waals surface area contributed by atoms with Crippen LogP contribution in [0.4, 0.5) is 0 Å². The molecule has 1 unspecified atom stereocenters. The molecule has 0 saturated carbocycles. The highest BCUT2D eigenvalue weighted by molar-refractivity contribution is 5.71. The summed E-state index contributed by atoms with van der Waals surface area (Å²) in [5.74, 6) is -0.893. The largest absolute Gasteiger partial charge is 0.462 e. The summed E-state index contributed by atoms with van der Waals surface area (Å²) in [6, 6.07) is 0. The molecular weight excluding hydrogens is 973 g/mol. The Morgan fingerprint density at radius 3 is 0.810 bits per heavy atom. The first kappa shape index (κ1) is 75.3. The number of allylic oxidation sites excluding steroid dienone is 16. The van der Waals surface area contributed by atoms with Crippen molar-refractivity contribution in [2.24, 2.45) is 0 Å². The zero-order chi connectivity index (χ0) is 57.1. The number of esters is 3. The Bertz CT molecular complexity index is 1540. The molecule has 0 aliphatic carbocycles.